The zero-order chi connectivity index (χ0) is 20.2. The Morgan fingerprint density at radius 2 is 1.28 bits per heavy atom. The first-order valence-electron chi connectivity index (χ1n) is 9.37. The molecule has 0 fully saturated rings. The fraction of sp³-hybridized carbons (Fsp3) is 0.130. The van der Waals surface area contributed by atoms with E-state index in [1.165, 1.54) is 5.01 Å². The minimum Gasteiger partial charge on any atom is -0.272 e. The fourth-order valence-corrected chi connectivity index (χ4v) is 6.09. The number of nitrogens with zero attached hydrogens (tertiary/aromatic N) is 2. The number of rotatable bonds is 2. The molecule has 0 saturated heterocycles. The van der Waals surface area contributed by atoms with Crippen LogP contribution in [0.2, 0.25) is 0 Å². The lowest BCUT2D eigenvalue weighted by Crippen LogP contribution is -2.34. The normalized spacial score (nSPS) is 20.2. The summed E-state index contributed by atoms with van der Waals surface area (Å²) >= 11 is 0. The predicted octanol–water partition coefficient (Wildman–Crippen LogP) is 4.00. The van der Waals surface area contributed by atoms with Crippen LogP contribution in [0.3, 0.4) is 0 Å². The van der Waals surface area contributed by atoms with E-state index in [-0.39, 0.29) is 15.7 Å². The van der Waals surface area contributed by atoms with Crippen LogP contribution >= 0.6 is 0 Å². The van der Waals surface area contributed by atoms with Gasteiger partial charge in [-0.15, -0.1) is 0 Å². The van der Waals surface area contributed by atoms with Gasteiger partial charge in [-0.2, -0.15) is 5.10 Å². The van der Waals surface area contributed by atoms with Crippen LogP contribution in [-0.2, 0) is 14.6 Å². The van der Waals surface area contributed by atoms with Gasteiger partial charge in [0.2, 0.25) is 9.84 Å². The van der Waals surface area contributed by atoms with Crippen molar-refractivity contribution in [3.63, 3.8) is 0 Å². The number of benzene rings is 3. The minimum absolute atomic E-state index is 0.150. The van der Waals surface area contributed by atoms with Crippen LogP contribution in [0.15, 0.2) is 93.8 Å². The molecule has 5 nitrogen and oxygen atoms in total. The van der Waals surface area contributed by atoms with Gasteiger partial charge in [-0.1, -0.05) is 54.6 Å². The number of amides is 1. The van der Waals surface area contributed by atoms with Crippen LogP contribution in [0.4, 0.5) is 5.69 Å². The number of hydrogen-bond acceptors (Lipinski definition) is 4. The topological polar surface area (TPSA) is 66.8 Å². The summed E-state index contributed by atoms with van der Waals surface area (Å²) in [6.07, 6.45) is 0. The summed E-state index contributed by atoms with van der Waals surface area (Å²) in [5, 5.41) is 5.95. The van der Waals surface area contributed by atoms with Crippen molar-refractivity contribution < 1.29 is 13.2 Å². The molecule has 0 aromatic heterocycles. The summed E-state index contributed by atoms with van der Waals surface area (Å²) in [6, 6.07) is 23.2. The molecule has 29 heavy (non-hydrogen) atoms. The van der Waals surface area contributed by atoms with Crippen molar-refractivity contribution in [3.8, 4) is 0 Å². The Morgan fingerprint density at radius 1 is 0.759 bits per heavy atom. The van der Waals surface area contributed by atoms with Crippen molar-refractivity contribution in [2.45, 2.75) is 22.6 Å². The van der Waals surface area contributed by atoms with Gasteiger partial charge >= 0.3 is 0 Å². The van der Waals surface area contributed by atoms with Gasteiger partial charge in [0, 0.05) is 11.6 Å². The zero-order valence-corrected chi connectivity index (χ0v) is 16.5. The Labute approximate surface area is 169 Å². The third-order valence-corrected chi connectivity index (χ3v) is 7.51. The molecule has 2 heterocycles. The molecule has 3 aromatic rings. The average molecular weight is 402 g/mol. The number of para-hydroxylation sites is 1. The third-order valence-electron chi connectivity index (χ3n) is 5.60. The number of hydrogen-bond donors (Lipinski definition) is 0. The molecule has 0 unspecified atom stereocenters. The number of hydrazone groups is 1. The Hall–Kier alpha value is -3.25. The maximum absolute atomic E-state index is 13.5. The van der Waals surface area contributed by atoms with Gasteiger partial charge in [0.1, 0.15) is 0 Å². The first-order valence-corrected chi connectivity index (χ1v) is 10.9. The number of carbonyl (C=O) groups is 1. The summed E-state index contributed by atoms with van der Waals surface area (Å²) in [4.78, 5) is 14.0. The maximum atomic E-state index is 13.5. The predicted molar refractivity (Wildman–Crippen MR) is 111 cm³/mol. The van der Waals surface area contributed by atoms with E-state index in [4.69, 9.17) is 0 Å². The highest BCUT2D eigenvalue weighted by atomic mass is 32.2. The number of anilines is 1. The highest BCUT2D eigenvalue weighted by molar-refractivity contribution is 7.91. The van der Waals surface area contributed by atoms with E-state index in [2.05, 4.69) is 5.10 Å². The second kappa shape index (κ2) is 6.39. The summed E-state index contributed by atoms with van der Waals surface area (Å²) in [5.74, 6) is -1.12. The highest BCUT2D eigenvalue weighted by Gasteiger charge is 2.46. The van der Waals surface area contributed by atoms with Crippen molar-refractivity contribution in [2.75, 3.05) is 5.01 Å². The molecule has 5 rings (SSSR count). The molecule has 0 N–H and O–H groups in total. The zero-order valence-electron chi connectivity index (χ0n) is 15.7. The molecule has 2 aliphatic heterocycles. The maximum Gasteiger partial charge on any atom is 0.257 e. The second-order valence-electron chi connectivity index (χ2n) is 7.26. The molecule has 6 heteroatoms. The van der Waals surface area contributed by atoms with Crippen molar-refractivity contribution in [2.24, 2.45) is 11.0 Å². The fourth-order valence-electron chi connectivity index (χ4n) is 4.33. The molecule has 1 atom stereocenters. The van der Waals surface area contributed by atoms with Crippen molar-refractivity contribution in [1.29, 1.82) is 0 Å². The molecule has 2 aliphatic rings. The molecule has 0 radical (unpaired) electrons. The van der Waals surface area contributed by atoms with Crippen molar-refractivity contribution in [1.82, 2.24) is 0 Å². The number of fused-ring (bicyclic) bond motifs is 2. The molecule has 0 saturated carbocycles. The summed E-state index contributed by atoms with van der Waals surface area (Å²) < 4.78 is 26.4. The quantitative estimate of drug-likeness (QED) is 0.651. The van der Waals surface area contributed by atoms with E-state index >= 15 is 0 Å². The van der Waals surface area contributed by atoms with Crippen molar-refractivity contribution in [3.05, 3.63) is 90.0 Å². The van der Waals surface area contributed by atoms with Crippen LogP contribution < -0.4 is 5.01 Å². The van der Waals surface area contributed by atoms with E-state index in [0.29, 0.717) is 22.5 Å². The summed E-state index contributed by atoms with van der Waals surface area (Å²) in [7, 11) is -3.63. The van der Waals surface area contributed by atoms with Gasteiger partial charge in [-0.25, -0.2) is 13.4 Å². The van der Waals surface area contributed by atoms with Crippen LogP contribution in [0.1, 0.15) is 24.0 Å². The Balaban J connectivity index is 1.70. The van der Waals surface area contributed by atoms with Crippen LogP contribution in [0, 0.1) is 5.92 Å². The SMILES string of the molecule is CC1=NN(c2ccccc2)C(=O)[C@H]1C1c2ccccc2S(=O)(=O)c2ccccc21. The van der Waals surface area contributed by atoms with Gasteiger partial charge in [-0.3, -0.25) is 4.79 Å². The van der Waals surface area contributed by atoms with E-state index < -0.39 is 21.7 Å². The van der Waals surface area contributed by atoms with Gasteiger partial charge in [-0.05, 0) is 42.3 Å². The van der Waals surface area contributed by atoms with Gasteiger partial charge in [0.05, 0.1) is 21.4 Å². The largest absolute Gasteiger partial charge is 0.272 e. The van der Waals surface area contributed by atoms with Gasteiger partial charge in [0.25, 0.3) is 5.91 Å². The molecule has 1 amide bonds. The lowest BCUT2D eigenvalue weighted by atomic mass is 9.78. The molecule has 0 bridgehead atoms. The average Bonchev–Trinajstić information content (AvgIpc) is 3.04. The first kappa shape index (κ1) is 17.8. The van der Waals surface area contributed by atoms with Gasteiger partial charge < -0.3 is 0 Å². The van der Waals surface area contributed by atoms with Gasteiger partial charge in [0.15, 0.2) is 0 Å². The van der Waals surface area contributed by atoms with Crippen LogP contribution in [-0.4, -0.2) is 20.0 Å². The Bertz CT molecular complexity index is 1210. The Kier molecular flexibility index (Phi) is 3.93. The number of sulfone groups is 1. The molecule has 144 valence electrons. The standard InChI is InChI=1S/C23H18N2O3S/c1-15-21(23(26)25(24-15)16-9-3-2-4-10-16)22-17-11-5-7-13-19(17)29(27,28)20-14-8-6-12-18(20)22/h2-14,21-22H,1H3/t21-/m1/s1. The van der Waals surface area contributed by atoms with Crippen LogP contribution in [0.25, 0.3) is 0 Å². The number of carbonyl (C=O) groups excluding carboxylic acids is 1. The van der Waals surface area contributed by atoms with E-state index in [1.807, 2.05) is 49.4 Å². The molecule has 3 aromatic carbocycles. The smallest absolute Gasteiger partial charge is 0.257 e. The highest BCUT2D eigenvalue weighted by Crippen LogP contribution is 2.47. The second-order valence-corrected chi connectivity index (χ2v) is 9.15. The van der Waals surface area contributed by atoms with E-state index in [9.17, 15) is 13.2 Å². The lowest BCUT2D eigenvalue weighted by Gasteiger charge is -2.31. The molecular formula is C23H18N2O3S. The molecule has 0 aliphatic carbocycles. The Morgan fingerprint density at radius 3 is 1.86 bits per heavy atom. The summed E-state index contributed by atoms with van der Waals surface area (Å²) in [6.45, 7) is 1.83. The van der Waals surface area contributed by atoms with Crippen LogP contribution in [0.5, 0.6) is 0 Å². The van der Waals surface area contributed by atoms with Crippen molar-refractivity contribution >= 4 is 27.1 Å². The summed E-state index contributed by atoms with van der Waals surface area (Å²) in [5.41, 5.74) is 2.67. The third kappa shape index (κ3) is 2.56. The first-order chi connectivity index (χ1) is 14.0. The molecular weight excluding hydrogens is 384 g/mol. The van der Waals surface area contributed by atoms with E-state index in [1.54, 1.807) is 36.4 Å². The molecule has 0 spiro atoms. The lowest BCUT2D eigenvalue weighted by molar-refractivity contribution is -0.120. The van der Waals surface area contributed by atoms with E-state index in [0.717, 1.165) is 0 Å². The minimum atomic E-state index is -3.63. The monoisotopic (exact) mass is 402 g/mol.